The zero-order valence-corrected chi connectivity index (χ0v) is 17.2. The molecular formula is C24H30F6. The van der Waals surface area contributed by atoms with Crippen molar-refractivity contribution in [2.24, 2.45) is 17.8 Å². The zero-order valence-electron chi connectivity index (χ0n) is 17.2. The first-order valence-electron chi connectivity index (χ1n) is 11.1. The number of allylic oxidation sites excluding steroid dienone is 2. The van der Waals surface area contributed by atoms with E-state index in [2.05, 4.69) is 0 Å². The molecular weight excluding hydrogens is 402 g/mol. The van der Waals surface area contributed by atoms with Crippen molar-refractivity contribution in [1.29, 1.82) is 0 Å². The molecule has 2 aliphatic rings. The number of benzene rings is 1. The highest BCUT2D eigenvalue weighted by molar-refractivity contribution is 5.30. The second kappa shape index (κ2) is 10.2. The lowest BCUT2D eigenvalue weighted by atomic mass is 9.68. The average Bonchev–Trinajstić information content (AvgIpc) is 2.70. The van der Waals surface area contributed by atoms with Crippen LogP contribution in [0.4, 0.5) is 26.3 Å². The predicted molar refractivity (Wildman–Crippen MR) is 106 cm³/mol. The molecule has 0 amide bonds. The summed E-state index contributed by atoms with van der Waals surface area (Å²) in [6.45, 7) is -0.402. The monoisotopic (exact) mass is 432 g/mol. The van der Waals surface area contributed by atoms with Gasteiger partial charge in [-0.15, -0.1) is 0 Å². The van der Waals surface area contributed by atoms with Gasteiger partial charge in [-0.3, -0.25) is 0 Å². The van der Waals surface area contributed by atoms with Gasteiger partial charge in [0, 0.05) is 0 Å². The molecule has 0 bridgehead atoms. The summed E-state index contributed by atoms with van der Waals surface area (Å²) >= 11 is 0. The molecule has 0 unspecified atom stereocenters. The molecule has 0 aliphatic heterocycles. The highest BCUT2D eigenvalue weighted by atomic mass is 19.4. The molecule has 0 atom stereocenters. The van der Waals surface area contributed by atoms with E-state index in [1.807, 2.05) is 6.08 Å². The Labute approximate surface area is 174 Å². The second-order valence-corrected chi connectivity index (χ2v) is 8.95. The van der Waals surface area contributed by atoms with Gasteiger partial charge in [-0.2, -0.15) is 13.2 Å². The molecule has 2 aliphatic carbocycles. The quantitative estimate of drug-likeness (QED) is 0.313. The molecule has 0 nitrogen and oxygen atoms in total. The van der Waals surface area contributed by atoms with Gasteiger partial charge in [0.1, 0.15) is 23.9 Å². The number of rotatable bonds is 6. The molecule has 0 heterocycles. The van der Waals surface area contributed by atoms with Crippen molar-refractivity contribution >= 4 is 0 Å². The van der Waals surface area contributed by atoms with E-state index in [1.165, 1.54) is 25.7 Å². The lowest BCUT2D eigenvalue weighted by molar-refractivity contribution is -0.142. The van der Waals surface area contributed by atoms with Crippen molar-refractivity contribution in [1.82, 2.24) is 0 Å². The van der Waals surface area contributed by atoms with Crippen LogP contribution in [0.3, 0.4) is 0 Å². The molecule has 1 aromatic carbocycles. The summed E-state index contributed by atoms with van der Waals surface area (Å²) in [6.07, 6.45) is 8.75. The van der Waals surface area contributed by atoms with Crippen LogP contribution in [-0.2, 0) is 6.18 Å². The summed E-state index contributed by atoms with van der Waals surface area (Å²) in [5.74, 6) is -1.13. The fourth-order valence-electron chi connectivity index (χ4n) is 5.48. The van der Waals surface area contributed by atoms with Gasteiger partial charge in [-0.05, 0) is 92.7 Å². The Bertz CT molecular complexity index is 684. The Morgan fingerprint density at radius 2 is 1.33 bits per heavy atom. The van der Waals surface area contributed by atoms with Crippen molar-refractivity contribution in [3.63, 3.8) is 0 Å². The van der Waals surface area contributed by atoms with Gasteiger partial charge in [-0.1, -0.05) is 25.0 Å². The van der Waals surface area contributed by atoms with Crippen LogP contribution in [0.15, 0.2) is 24.3 Å². The molecule has 0 radical (unpaired) electrons. The molecule has 6 heteroatoms. The Kier molecular flexibility index (Phi) is 7.92. The highest BCUT2D eigenvalue weighted by Gasteiger charge is 2.39. The van der Waals surface area contributed by atoms with Gasteiger partial charge in [-0.25, -0.2) is 13.2 Å². The Morgan fingerprint density at radius 3 is 1.83 bits per heavy atom. The minimum absolute atomic E-state index is 0.0776. The van der Waals surface area contributed by atoms with E-state index in [0.717, 1.165) is 50.7 Å². The van der Waals surface area contributed by atoms with Gasteiger partial charge in [0.15, 0.2) is 0 Å². The molecule has 0 spiro atoms. The minimum Gasteiger partial charge on any atom is -0.247 e. The lowest BCUT2D eigenvalue weighted by Gasteiger charge is -2.38. The summed E-state index contributed by atoms with van der Waals surface area (Å²) in [4.78, 5) is 0. The van der Waals surface area contributed by atoms with Crippen molar-refractivity contribution < 1.29 is 26.3 Å². The molecule has 168 valence electrons. The van der Waals surface area contributed by atoms with Crippen molar-refractivity contribution in [3.05, 3.63) is 47.0 Å². The SMILES string of the molecule is FCC=CCCC1CCC(C2CCC(c3cc(F)c(C(F)(F)F)c(F)c3)CC2)CC1. The maximum atomic E-state index is 13.9. The van der Waals surface area contributed by atoms with E-state index in [1.54, 1.807) is 6.08 Å². The molecule has 3 rings (SSSR count). The van der Waals surface area contributed by atoms with Crippen molar-refractivity contribution in [3.8, 4) is 0 Å². The molecule has 30 heavy (non-hydrogen) atoms. The maximum absolute atomic E-state index is 13.9. The van der Waals surface area contributed by atoms with Crippen LogP contribution in [0.1, 0.15) is 81.3 Å². The standard InChI is InChI=1S/C24H30F6/c25-13-3-1-2-4-16-5-7-17(8-6-16)18-9-11-19(12-10-18)20-14-21(26)23(22(27)15-20)24(28,29)30/h1,3,14-19H,2,4-13H2. The van der Waals surface area contributed by atoms with Crippen molar-refractivity contribution in [2.45, 2.75) is 76.3 Å². The highest BCUT2D eigenvalue weighted by Crippen LogP contribution is 2.45. The zero-order chi connectivity index (χ0) is 21.7. The molecule has 0 N–H and O–H groups in total. The van der Waals surface area contributed by atoms with E-state index < -0.39 is 30.0 Å². The number of alkyl halides is 4. The van der Waals surface area contributed by atoms with E-state index in [-0.39, 0.29) is 5.92 Å². The fourth-order valence-corrected chi connectivity index (χ4v) is 5.48. The molecule has 2 fully saturated rings. The number of hydrogen-bond donors (Lipinski definition) is 0. The van der Waals surface area contributed by atoms with Crippen LogP contribution in [0.5, 0.6) is 0 Å². The minimum atomic E-state index is -5.02. The van der Waals surface area contributed by atoms with Crippen LogP contribution in [-0.4, -0.2) is 6.67 Å². The summed E-state index contributed by atoms with van der Waals surface area (Å²) in [7, 11) is 0. The fraction of sp³-hybridized carbons (Fsp3) is 0.667. The first-order valence-corrected chi connectivity index (χ1v) is 11.1. The van der Waals surface area contributed by atoms with E-state index in [9.17, 15) is 26.3 Å². The van der Waals surface area contributed by atoms with Crippen LogP contribution in [0, 0.1) is 29.4 Å². The molecule has 0 aromatic heterocycles. The first-order chi connectivity index (χ1) is 14.3. The van der Waals surface area contributed by atoms with E-state index in [0.29, 0.717) is 23.3 Å². The van der Waals surface area contributed by atoms with Gasteiger partial charge in [0.2, 0.25) is 0 Å². The lowest BCUT2D eigenvalue weighted by Crippen LogP contribution is -2.25. The second-order valence-electron chi connectivity index (χ2n) is 8.95. The summed E-state index contributed by atoms with van der Waals surface area (Å²) in [6, 6.07) is 1.75. The van der Waals surface area contributed by atoms with E-state index in [4.69, 9.17) is 0 Å². The Balaban J connectivity index is 1.49. The van der Waals surface area contributed by atoms with Gasteiger partial charge in [0.05, 0.1) is 0 Å². The topological polar surface area (TPSA) is 0 Å². The molecule has 2 saturated carbocycles. The van der Waals surface area contributed by atoms with Gasteiger partial charge in [0.25, 0.3) is 0 Å². The third-order valence-electron chi connectivity index (χ3n) is 7.15. The summed E-state index contributed by atoms with van der Waals surface area (Å²) in [5.41, 5.74) is -1.45. The predicted octanol–water partition coefficient (Wildman–Crippen LogP) is 8.37. The summed E-state index contributed by atoms with van der Waals surface area (Å²) in [5, 5.41) is 0. The van der Waals surface area contributed by atoms with Gasteiger partial charge >= 0.3 is 6.18 Å². The largest absolute Gasteiger partial charge is 0.422 e. The Morgan fingerprint density at radius 1 is 0.800 bits per heavy atom. The van der Waals surface area contributed by atoms with Crippen LogP contribution < -0.4 is 0 Å². The van der Waals surface area contributed by atoms with Crippen molar-refractivity contribution in [2.75, 3.05) is 6.67 Å². The van der Waals surface area contributed by atoms with Crippen LogP contribution in [0.25, 0.3) is 0 Å². The first kappa shape index (κ1) is 23.2. The normalized spacial score (nSPS) is 28.2. The maximum Gasteiger partial charge on any atom is 0.422 e. The van der Waals surface area contributed by atoms with Gasteiger partial charge < -0.3 is 0 Å². The van der Waals surface area contributed by atoms with Crippen LogP contribution in [0.2, 0.25) is 0 Å². The smallest absolute Gasteiger partial charge is 0.247 e. The third-order valence-corrected chi connectivity index (χ3v) is 7.15. The van der Waals surface area contributed by atoms with Crippen LogP contribution >= 0.6 is 0 Å². The third kappa shape index (κ3) is 5.82. The Hall–Kier alpha value is -1.46. The molecule has 0 saturated heterocycles. The number of hydrogen-bond acceptors (Lipinski definition) is 0. The average molecular weight is 432 g/mol. The summed E-state index contributed by atoms with van der Waals surface area (Å²) < 4.78 is 78.2. The van der Waals surface area contributed by atoms with E-state index >= 15 is 0 Å². The number of halogens is 6. The molecule has 1 aromatic rings.